The summed E-state index contributed by atoms with van der Waals surface area (Å²) in [7, 11) is 0. The fraction of sp³-hybridized carbons (Fsp3) is 0.500. The van der Waals surface area contributed by atoms with Crippen molar-refractivity contribution in [3.05, 3.63) is 22.2 Å². The first-order chi connectivity index (χ1) is 8.04. The lowest BCUT2D eigenvalue weighted by Crippen LogP contribution is -2.18. The number of nitrogen functional groups attached to an aromatic ring is 1. The molecule has 1 saturated carbocycles. The number of hydrogen-bond donors (Lipinski definition) is 2. The molecule has 92 valence electrons. The quantitative estimate of drug-likeness (QED) is 0.615. The van der Waals surface area contributed by atoms with E-state index in [4.69, 9.17) is 5.73 Å². The van der Waals surface area contributed by atoms with Gasteiger partial charge in [0.1, 0.15) is 11.6 Å². The molecule has 0 aliphatic heterocycles. The van der Waals surface area contributed by atoms with E-state index in [1.165, 1.54) is 25.0 Å². The molecule has 1 aliphatic rings. The van der Waals surface area contributed by atoms with Crippen molar-refractivity contribution in [1.82, 2.24) is 4.98 Å². The van der Waals surface area contributed by atoms with Gasteiger partial charge in [-0.1, -0.05) is 0 Å². The SMILES string of the molecule is CSC1(CNc2cc([N+](=O)[O-])cc(N)n2)CC1. The smallest absolute Gasteiger partial charge is 0.276 e. The van der Waals surface area contributed by atoms with Crippen molar-refractivity contribution in [2.45, 2.75) is 17.6 Å². The van der Waals surface area contributed by atoms with Gasteiger partial charge < -0.3 is 11.1 Å². The fourth-order valence-corrected chi connectivity index (χ4v) is 2.30. The summed E-state index contributed by atoms with van der Waals surface area (Å²) < 4.78 is 0.279. The Morgan fingerprint density at radius 3 is 2.88 bits per heavy atom. The van der Waals surface area contributed by atoms with Crippen molar-refractivity contribution in [2.75, 3.05) is 23.9 Å². The van der Waals surface area contributed by atoms with Crippen LogP contribution in [-0.2, 0) is 0 Å². The van der Waals surface area contributed by atoms with E-state index in [0.717, 1.165) is 6.54 Å². The first-order valence-corrected chi connectivity index (χ1v) is 6.48. The first kappa shape index (κ1) is 12.0. The van der Waals surface area contributed by atoms with Crippen LogP contribution in [0.25, 0.3) is 0 Å². The van der Waals surface area contributed by atoms with Gasteiger partial charge in [0.15, 0.2) is 0 Å². The number of thioether (sulfide) groups is 1. The van der Waals surface area contributed by atoms with Crippen LogP contribution in [0.15, 0.2) is 12.1 Å². The Bertz CT molecular complexity index is 448. The van der Waals surface area contributed by atoms with Crippen LogP contribution in [-0.4, -0.2) is 27.5 Å². The number of rotatable bonds is 5. The molecule has 1 fully saturated rings. The molecule has 0 spiro atoms. The van der Waals surface area contributed by atoms with Crippen LogP contribution in [0.3, 0.4) is 0 Å². The van der Waals surface area contributed by atoms with Crippen LogP contribution in [0.5, 0.6) is 0 Å². The molecule has 0 unspecified atom stereocenters. The lowest BCUT2D eigenvalue weighted by atomic mass is 10.3. The van der Waals surface area contributed by atoms with E-state index in [0.29, 0.717) is 5.82 Å². The number of nitrogens with two attached hydrogens (primary N) is 1. The summed E-state index contributed by atoms with van der Waals surface area (Å²) in [4.78, 5) is 14.2. The number of hydrogen-bond acceptors (Lipinski definition) is 6. The second kappa shape index (κ2) is 4.40. The summed E-state index contributed by atoms with van der Waals surface area (Å²) >= 11 is 1.82. The molecule has 0 atom stereocenters. The van der Waals surface area contributed by atoms with Gasteiger partial charge in [0.25, 0.3) is 5.69 Å². The van der Waals surface area contributed by atoms with E-state index in [9.17, 15) is 10.1 Å². The zero-order chi connectivity index (χ0) is 12.5. The van der Waals surface area contributed by atoms with Crippen LogP contribution < -0.4 is 11.1 Å². The van der Waals surface area contributed by atoms with Crippen molar-refractivity contribution in [2.24, 2.45) is 0 Å². The second-order valence-electron chi connectivity index (χ2n) is 4.13. The largest absolute Gasteiger partial charge is 0.383 e. The van der Waals surface area contributed by atoms with Crippen LogP contribution in [0.2, 0.25) is 0 Å². The summed E-state index contributed by atoms with van der Waals surface area (Å²) in [6, 6.07) is 2.67. The molecule has 2 rings (SSSR count). The highest BCUT2D eigenvalue weighted by atomic mass is 32.2. The number of nitrogens with one attached hydrogen (secondary N) is 1. The van der Waals surface area contributed by atoms with Crippen LogP contribution in [0, 0.1) is 10.1 Å². The molecule has 6 nitrogen and oxygen atoms in total. The third kappa shape index (κ3) is 2.79. The van der Waals surface area contributed by atoms with E-state index >= 15 is 0 Å². The third-order valence-corrected chi connectivity index (χ3v) is 4.29. The average Bonchev–Trinajstić information content (AvgIpc) is 3.06. The maximum Gasteiger partial charge on any atom is 0.276 e. The highest BCUT2D eigenvalue weighted by Crippen LogP contribution is 2.47. The number of aromatic nitrogens is 1. The molecule has 1 aliphatic carbocycles. The van der Waals surface area contributed by atoms with Gasteiger partial charge in [-0.3, -0.25) is 10.1 Å². The summed E-state index contributed by atoms with van der Waals surface area (Å²) in [6.45, 7) is 0.766. The molecule has 7 heteroatoms. The summed E-state index contributed by atoms with van der Waals surface area (Å²) in [5.41, 5.74) is 5.49. The Morgan fingerprint density at radius 2 is 2.35 bits per heavy atom. The Balaban J connectivity index is 2.07. The molecule has 0 aromatic carbocycles. The van der Waals surface area contributed by atoms with Crippen molar-refractivity contribution in [3.63, 3.8) is 0 Å². The molecule has 0 radical (unpaired) electrons. The Hall–Kier alpha value is -1.50. The van der Waals surface area contributed by atoms with Crippen molar-refractivity contribution in [3.8, 4) is 0 Å². The molecule has 0 bridgehead atoms. The number of nitro groups is 1. The average molecular weight is 254 g/mol. The Morgan fingerprint density at radius 1 is 1.65 bits per heavy atom. The third-order valence-electron chi connectivity index (χ3n) is 2.87. The maximum absolute atomic E-state index is 10.7. The molecule has 3 N–H and O–H groups in total. The molecule has 0 saturated heterocycles. The number of nitrogens with zero attached hydrogens (tertiary/aromatic N) is 2. The fourth-order valence-electron chi connectivity index (χ4n) is 1.58. The van der Waals surface area contributed by atoms with E-state index in [1.54, 1.807) is 0 Å². The normalized spacial score (nSPS) is 16.5. The van der Waals surface area contributed by atoms with Gasteiger partial charge in [0, 0.05) is 11.3 Å². The molecule has 1 aromatic rings. The van der Waals surface area contributed by atoms with Gasteiger partial charge in [0.2, 0.25) is 0 Å². The lowest BCUT2D eigenvalue weighted by Gasteiger charge is -2.13. The Kier molecular flexibility index (Phi) is 3.10. The van der Waals surface area contributed by atoms with E-state index in [2.05, 4.69) is 16.6 Å². The predicted molar refractivity (Wildman–Crippen MR) is 69.3 cm³/mol. The molecule has 17 heavy (non-hydrogen) atoms. The lowest BCUT2D eigenvalue weighted by molar-refractivity contribution is -0.384. The van der Waals surface area contributed by atoms with Crippen molar-refractivity contribution < 1.29 is 4.92 Å². The van der Waals surface area contributed by atoms with Crippen LogP contribution in [0.1, 0.15) is 12.8 Å². The van der Waals surface area contributed by atoms with Crippen LogP contribution in [0.4, 0.5) is 17.3 Å². The minimum Gasteiger partial charge on any atom is -0.383 e. The highest BCUT2D eigenvalue weighted by Gasteiger charge is 2.41. The first-order valence-electron chi connectivity index (χ1n) is 5.26. The molecule has 1 heterocycles. The van der Waals surface area contributed by atoms with Gasteiger partial charge in [-0.2, -0.15) is 11.8 Å². The molecule has 0 amide bonds. The zero-order valence-corrected chi connectivity index (χ0v) is 10.3. The molecular formula is C10H14N4O2S. The summed E-state index contributed by atoms with van der Waals surface area (Å²) in [5, 5.41) is 13.8. The number of pyridine rings is 1. The van der Waals surface area contributed by atoms with Crippen LogP contribution >= 0.6 is 11.8 Å². The second-order valence-corrected chi connectivity index (χ2v) is 5.41. The summed E-state index contributed by atoms with van der Waals surface area (Å²) in [6.07, 6.45) is 4.42. The van der Waals surface area contributed by atoms with Gasteiger partial charge in [0.05, 0.1) is 17.1 Å². The molecule has 1 aromatic heterocycles. The highest BCUT2D eigenvalue weighted by molar-refractivity contribution is 8.00. The Labute approximate surface area is 103 Å². The van der Waals surface area contributed by atoms with E-state index in [1.807, 2.05) is 11.8 Å². The van der Waals surface area contributed by atoms with Crippen molar-refractivity contribution >= 4 is 29.1 Å². The van der Waals surface area contributed by atoms with Gasteiger partial charge >= 0.3 is 0 Å². The van der Waals surface area contributed by atoms with E-state index < -0.39 is 4.92 Å². The standard InChI is InChI=1S/C10H14N4O2S/c1-17-10(2-3-10)6-12-9-5-7(14(15)16)4-8(11)13-9/h4-5H,2-3,6H2,1H3,(H3,11,12,13). The maximum atomic E-state index is 10.7. The molecular weight excluding hydrogens is 240 g/mol. The minimum atomic E-state index is -0.468. The zero-order valence-electron chi connectivity index (χ0n) is 9.47. The van der Waals surface area contributed by atoms with E-state index in [-0.39, 0.29) is 16.3 Å². The van der Waals surface area contributed by atoms with Crippen molar-refractivity contribution in [1.29, 1.82) is 0 Å². The minimum absolute atomic E-state index is 0.0333. The van der Waals surface area contributed by atoms with Gasteiger partial charge in [-0.05, 0) is 19.1 Å². The monoisotopic (exact) mass is 254 g/mol. The number of anilines is 2. The predicted octanol–water partition coefficient (Wildman–Crippen LogP) is 1.88. The van der Waals surface area contributed by atoms with Gasteiger partial charge in [-0.25, -0.2) is 4.98 Å². The summed E-state index contributed by atoms with van der Waals surface area (Å²) in [5.74, 6) is 0.632. The topological polar surface area (TPSA) is 94.1 Å². The van der Waals surface area contributed by atoms with Gasteiger partial charge in [-0.15, -0.1) is 0 Å².